The number of aliphatic hydroxyl groups is 1. The van der Waals surface area contributed by atoms with E-state index >= 15 is 0 Å². The molecule has 17 nitrogen and oxygen atoms in total. The van der Waals surface area contributed by atoms with E-state index in [-0.39, 0.29) is 25.7 Å². The molecule has 556 valence electrons. The van der Waals surface area contributed by atoms with Gasteiger partial charge in [-0.2, -0.15) is 0 Å². The minimum atomic E-state index is -4.97. The molecule has 19 heteroatoms. The third-order valence-electron chi connectivity index (χ3n) is 16.5. The number of phosphoric acid groups is 2. The van der Waals surface area contributed by atoms with Crippen molar-refractivity contribution in [3.8, 4) is 0 Å². The molecular formula is C76H140O17P2. The number of esters is 4. The normalized spacial score (nSPS) is 14.3. The fourth-order valence-electron chi connectivity index (χ4n) is 10.6. The first-order valence-corrected chi connectivity index (χ1v) is 41.1. The molecule has 95 heavy (non-hydrogen) atoms. The van der Waals surface area contributed by atoms with Crippen LogP contribution in [0.2, 0.25) is 0 Å². The number of hydrogen-bond acceptors (Lipinski definition) is 15. The maximum absolute atomic E-state index is 13.1. The van der Waals surface area contributed by atoms with Gasteiger partial charge in [-0.05, 0) is 88.9 Å². The molecule has 0 saturated heterocycles. The van der Waals surface area contributed by atoms with Crippen molar-refractivity contribution in [1.82, 2.24) is 0 Å². The van der Waals surface area contributed by atoms with Gasteiger partial charge in [-0.25, -0.2) is 9.13 Å². The van der Waals surface area contributed by atoms with Crippen LogP contribution in [0.4, 0.5) is 0 Å². The van der Waals surface area contributed by atoms with E-state index in [1.54, 1.807) is 0 Å². The lowest BCUT2D eigenvalue weighted by atomic mass is 10.0. The molecule has 0 spiro atoms. The van der Waals surface area contributed by atoms with Crippen molar-refractivity contribution in [3.63, 3.8) is 0 Å². The van der Waals surface area contributed by atoms with Crippen molar-refractivity contribution in [2.75, 3.05) is 39.6 Å². The SMILES string of the molecule is CCCCCC/C=C\C=C/CCCCCCCC(=O)OC[C@H](COP(=O)(O)OC[C@@H](O)COP(=O)(O)OC[C@@H](COC(=O)CCCCCCCCC(C)C)OC(=O)CCCCCCC/C=C\C=C/CCCCCC)OC(=O)CCCCCCCCCCCCCCCC(C)C. The van der Waals surface area contributed by atoms with Crippen LogP contribution in [0.15, 0.2) is 48.6 Å². The summed E-state index contributed by atoms with van der Waals surface area (Å²) in [6, 6.07) is 0. The summed E-state index contributed by atoms with van der Waals surface area (Å²) in [5.41, 5.74) is 0. The van der Waals surface area contributed by atoms with E-state index in [0.717, 1.165) is 134 Å². The first-order chi connectivity index (χ1) is 45.9. The second kappa shape index (κ2) is 66.9. The summed E-state index contributed by atoms with van der Waals surface area (Å²) >= 11 is 0. The van der Waals surface area contributed by atoms with Gasteiger partial charge in [-0.1, -0.05) is 289 Å². The molecule has 2 unspecified atom stereocenters. The van der Waals surface area contributed by atoms with Crippen LogP contribution < -0.4 is 0 Å². The monoisotopic (exact) mass is 1390 g/mol. The van der Waals surface area contributed by atoms with E-state index < -0.39 is 97.5 Å². The third-order valence-corrected chi connectivity index (χ3v) is 18.4. The maximum atomic E-state index is 13.1. The molecular weight excluding hydrogens is 1250 g/mol. The number of rotatable bonds is 71. The zero-order valence-corrected chi connectivity index (χ0v) is 62.7. The largest absolute Gasteiger partial charge is 0.472 e. The van der Waals surface area contributed by atoms with Gasteiger partial charge in [-0.3, -0.25) is 37.3 Å². The van der Waals surface area contributed by atoms with Crippen molar-refractivity contribution in [2.24, 2.45) is 11.8 Å². The fraction of sp³-hybridized carbons (Fsp3) is 0.842. The Hall–Kier alpha value is -2.98. The summed E-state index contributed by atoms with van der Waals surface area (Å²) in [6.45, 7) is 9.38. The highest BCUT2D eigenvalue weighted by Crippen LogP contribution is 2.45. The van der Waals surface area contributed by atoms with Gasteiger partial charge >= 0.3 is 39.5 Å². The Morgan fingerprint density at radius 1 is 0.326 bits per heavy atom. The van der Waals surface area contributed by atoms with Gasteiger partial charge < -0.3 is 33.8 Å². The molecule has 0 fully saturated rings. The van der Waals surface area contributed by atoms with Crippen molar-refractivity contribution in [2.45, 2.75) is 362 Å². The van der Waals surface area contributed by atoms with E-state index in [1.807, 2.05) is 0 Å². The second-order valence-electron chi connectivity index (χ2n) is 27.0. The highest BCUT2D eigenvalue weighted by molar-refractivity contribution is 7.47. The van der Waals surface area contributed by atoms with Gasteiger partial charge in [0.15, 0.2) is 12.2 Å². The van der Waals surface area contributed by atoms with Gasteiger partial charge in [0, 0.05) is 25.7 Å². The molecule has 0 radical (unpaired) electrons. The predicted octanol–water partition coefficient (Wildman–Crippen LogP) is 21.4. The Labute approximate surface area is 578 Å². The third kappa shape index (κ3) is 69.3. The first-order valence-electron chi connectivity index (χ1n) is 38.1. The van der Waals surface area contributed by atoms with Crippen molar-refractivity contribution < 1.29 is 80.2 Å². The van der Waals surface area contributed by atoms with Crippen LogP contribution in [0.5, 0.6) is 0 Å². The lowest BCUT2D eigenvalue weighted by Crippen LogP contribution is -2.30. The van der Waals surface area contributed by atoms with E-state index in [4.69, 9.17) is 37.0 Å². The molecule has 0 aromatic carbocycles. The number of phosphoric ester groups is 2. The average Bonchev–Trinajstić information content (AvgIpc) is 1.88. The average molecular weight is 1390 g/mol. The number of unbranched alkanes of at least 4 members (excludes halogenated alkanes) is 35. The zero-order chi connectivity index (χ0) is 70.0. The van der Waals surface area contributed by atoms with Crippen LogP contribution in [0.25, 0.3) is 0 Å². The molecule has 0 heterocycles. The molecule has 0 aliphatic heterocycles. The Bertz CT molecular complexity index is 2030. The lowest BCUT2D eigenvalue weighted by molar-refractivity contribution is -0.161. The fourth-order valence-corrected chi connectivity index (χ4v) is 12.2. The summed E-state index contributed by atoms with van der Waals surface area (Å²) in [7, 11) is -9.93. The van der Waals surface area contributed by atoms with Crippen molar-refractivity contribution >= 4 is 39.5 Å². The Kier molecular flexibility index (Phi) is 64.8. The molecule has 0 rings (SSSR count). The summed E-state index contributed by atoms with van der Waals surface area (Å²) < 4.78 is 68.4. The van der Waals surface area contributed by atoms with Crippen molar-refractivity contribution in [3.05, 3.63) is 48.6 Å². The van der Waals surface area contributed by atoms with Crippen molar-refractivity contribution in [1.29, 1.82) is 0 Å². The quantitative estimate of drug-likeness (QED) is 0.0169. The van der Waals surface area contributed by atoms with E-state index in [9.17, 15) is 43.2 Å². The molecule has 0 saturated carbocycles. The van der Waals surface area contributed by atoms with Crippen LogP contribution in [-0.2, 0) is 65.4 Å². The van der Waals surface area contributed by atoms with Gasteiger partial charge in [0.2, 0.25) is 0 Å². The van der Waals surface area contributed by atoms with Crippen LogP contribution >= 0.6 is 15.6 Å². The number of hydrogen-bond donors (Lipinski definition) is 3. The maximum Gasteiger partial charge on any atom is 0.472 e. The summed E-state index contributed by atoms with van der Waals surface area (Å²) in [5.74, 6) is -0.722. The zero-order valence-electron chi connectivity index (χ0n) is 60.9. The standard InChI is InChI=1S/C76H140O17P2/c1-7-9-11-13-15-17-19-21-23-27-31-35-39-46-52-58-73(78)86-64-71(92-75(80)61-55-49-41-37-33-29-25-26-30-34-38-44-50-56-68(3)4)66-90-94(82,83)88-62-70(77)63-89-95(84,85)91-67-72(65-87-74(79)59-53-47-43-42-45-51-57-69(5)6)93-76(81)60-54-48-40-36-32-28-24-22-20-18-16-14-12-10-8-2/h17-24,68-72,77H,7-16,25-67H2,1-6H3,(H,82,83)(H,84,85)/b19-17-,20-18-,23-21-,24-22-/t70-,71-,72-/m1/s1. The topological polar surface area (TPSA) is 237 Å². The van der Waals surface area contributed by atoms with E-state index in [2.05, 4.69) is 90.2 Å². The highest BCUT2D eigenvalue weighted by atomic mass is 31.2. The Balaban J connectivity index is 5.31. The number of carbonyl (C=O) groups excluding carboxylic acids is 4. The predicted molar refractivity (Wildman–Crippen MR) is 386 cm³/mol. The van der Waals surface area contributed by atoms with Gasteiger partial charge in [0.05, 0.1) is 26.4 Å². The van der Waals surface area contributed by atoms with E-state index in [1.165, 1.54) is 122 Å². The van der Waals surface area contributed by atoms with E-state index in [0.29, 0.717) is 31.6 Å². The van der Waals surface area contributed by atoms with Crippen LogP contribution in [0, 0.1) is 11.8 Å². The van der Waals surface area contributed by atoms with Gasteiger partial charge in [-0.15, -0.1) is 0 Å². The number of allylic oxidation sites excluding steroid dienone is 8. The molecule has 0 amide bonds. The van der Waals surface area contributed by atoms with Gasteiger partial charge in [0.25, 0.3) is 0 Å². The molecule has 0 aromatic heterocycles. The minimum Gasteiger partial charge on any atom is -0.462 e. The number of carbonyl (C=O) groups is 4. The smallest absolute Gasteiger partial charge is 0.462 e. The molecule has 5 atom stereocenters. The molecule has 0 aromatic rings. The molecule has 0 aliphatic rings. The van der Waals surface area contributed by atoms with Gasteiger partial charge in [0.1, 0.15) is 19.3 Å². The highest BCUT2D eigenvalue weighted by Gasteiger charge is 2.30. The minimum absolute atomic E-state index is 0.0815. The lowest BCUT2D eigenvalue weighted by Gasteiger charge is -2.21. The molecule has 0 aliphatic carbocycles. The first kappa shape index (κ1) is 92.0. The summed E-state index contributed by atoms with van der Waals surface area (Å²) in [6.07, 6.45) is 60.0. The number of aliphatic hydroxyl groups excluding tert-OH is 1. The summed E-state index contributed by atoms with van der Waals surface area (Å²) in [4.78, 5) is 72.7. The Morgan fingerprint density at radius 2 is 0.568 bits per heavy atom. The molecule has 3 N–H and O–H groups in total. The van der Waals surface area contributed by atoms with Crippen LogP contribution in [0.1, 0.15) is 343 Å². The molecule has 0 bridgehead atoms. The summed E-state index contributed by atoms with van der Waals surface area (Å²) in [5, 5.41) is 10.6. The number of ether oxygens (including phenoxy) is 4. The van der Waals surface area contributed by atoms with Crippen LogP contribution in [0.3, 0.4) is 0 Å². The second-order valence-corrected chi connectivity index (χ2v) is 29.9. The van der Waals surface area contributed by atoms with Crippen LogP contribution in [-0.4, -0.2) is 96.7 Å². The Morgan fingerprint density at radius 3 is 0.853 bits per heavy atom.